The molecule has 20 heavy (non-hydrogen) atoms. The summed E-state index contributed by atoms with van der Waals surface area (Å²) in [6.07, 6.45) is 5.85. The third-order valence-electron chi connectivity index (χ3n) is 3.60. The predicted octanol–water partition coefficient (Wildman–Crippen LogP) is 2.44. The van der Waals surface area contributed by atoms with Crippen LogP contribution in [0.1, 0.15) is 48.0 Å². The van der Waals surface area contributed by atoms with E-state index in [-0.39, 0.29) is 12.5 Å². The summed E-state index contributed by atoms with van der Waals surface area (Å²) in [6.45, 7) is 1.48. The van der Waals surface area contributed by atoms with Gasteiger partial charge in [-0.1, -0.05) is 43.2 Å². The molecule has 1 aromatic carbocycles. The molecule has 1 N–H and O–H groups in total. The van der Waals surface area contributed by atoms with Gasteiger partial charge in [-0.05, 0) is 25.0 Å². The van der Waals surface area contributed by atoms with E-state index >= 15 is 0 Å². The molecule has 0 radical (unpaired) electrons. The number of hydrogen-bond donors (Lipinski definition) is 1. The number of nitrogens with zero attached hydrogens (tertiary/aromatic N) is 1. The summed E-state index contributed by atoms with van der Waals surface area (Å²) in [7, 11) is 0. The van der Waals surface area contributed by atoms with Gasteiger partial charge in [-0.2, -0.15) is 0 Å². The van der Waals surface area contributed by atoms with E-state index in [0.29, 0.717) is 11.1 Å². The molecule has 0 spiro atoms. The minimum absolute atomic E-state index is 0.0646. The average Bonchev–Trinajstić information content (AvgIpc) is 2.44. The molecule has 0 aliphatic carbocycles. The van der Waals surface area contributed by atoms with E-state index in [4.69, 9.17) is 5.11 Å². The van der Waals surface area contributed by atoms with Crippen molar-refractivity contribution in [3.63, 3.8) is 0 Å². The largest absolute Gasteiger partial charge is 0.384 e. The molecule has 1 amide bonds. The van der Waals surface area contributed by atoms with E-state index in [2.05, 4.69) is 11.8 Å². The fraction of sp³-hybridized carbons (Fsp3) is 0.471. The molecule has 0 atom stereocenters. The second-order valence-electron chi connectivity index (χ2n) is 5.07. The van der Waals surface area contributed by atoms with Gasteiger partial charge < -0.3 is 10.0 Å². The topological polar surface area (TPSA) is 40.5 Å². The Labute approximate surface area is 120 Å². The molecule has 1 heterocycles. The number of aliphatic hydroxyl groups excluding tert-OH is 1. The van der Waals surface area contributed by atoms with Crippen LogP contribution in [0, 0.1) is 11.8 Å². The lowest BCUT2D eigenvalue weighted by molar-refractivity contribution is 0.0742. The van der Waals surface area contributed by atoms with Crippen LogP contribution in [-0.4, -0.2) is 35.6 Å². The lowest BCUT2D eigenvalue weighted by Crippen LogP contribution is -2.34. The van der Waals surface area contributed by atoms with Gasteiger partial charge in [0.2, 0.25) is 0 Å². The zero-order chi connectivity index (χ0) is 14.2. The molecule has 3 heteroatoms. The quantitative estimate of drug-likeness (QED) is 0.797. The van der Waals surface area contributed by atoms with E-state index in [0.717, 1.165) is 25.9 Å². The van der Waals surface area contributed by atoms with Crippen LogP contribution in [0.3, 0.4) is 0 Å². The molecule has 0 bridgehead atoms. The monoisotopic (exact) mass is 271 g/mol. The van der Waals surface area contributed by atoms with E-state index in [9.17, 15) is 4.79 Å². The van der Waals surface area contributed by atoms with Crippen molar-refractivity contribution in [3.05, 3.63) is 35.4 Å². The summed E-state index contributed by atoms with van der Waals surface area (Å²) in [5, 5.41) is 8.81. The second kappa shape index (κ2) is 7.72. The number of likely N-dealkylation sites (tertiary alicyclic amines) is 1. The van der Waals surface area contributed by atoms with Gasteiger partial charge in [0, 0.05) is 18.7 Å². The molecule has 1 aliphatic heterocycles. The normalized spacial score (nSPS) is 15.8. The van der Waals surface area contributed by atoms with Crippen LogP contribution in [0.5, 0.6) is 0 Å². The third kappa shape index (κ3) is 3.85. The van der Waals surface area contributed by atoms with Crippen LogP contribution >= 0.6 is 0 Å². The van der Waals surface area contributed by atoms with Gasteiger partial charge in [-0.3, -0.25) is 4.79 Å². The van der Waals surface area contributed by atoms with Crippen molar-refractivity contribution in [2.24, 2.45) is 0 Å². The number of benzene rings is 1. The molecular formula is C17H21NO2. The zero-order valence-electron chi connectivity index (χ0n) is 11.8. The summed E-state index contributed by atoms with van der Waals surface area (Å²) in [5.74, 6) is 5.55. The second-order valence-corrected chi connectivity index (χ2v) is 5.07. The number of aliphatic hydroxyl groups is 1. The first-order chi connectivity index (χ1) is 9.83. The first-order valence-corrected chi connectivity index (χ1v) is 7.31. The highest BCUT2D eigenvalue weighted by Crippen LogP contribution is 2.15. The zero-order valence-corrected chi connectivity index (χ0v) is 11.8. The fourth-order valence-electron chi connectivity index (χ4n) is 2.53. The summed E-state index contributed by atoms with van der Waals surface area (Å²) in [4.78, 5) is 14.6. The molecule has 2 rings (SSSR count). The Morgan fingerprint density at radius 3 is 2.45 bits per heavy atom. The molecule has 0 saturated carbocycles. The van der Waals surface area contributed by atoms with E-state index in [1.165, 1.54) is 19.3 Å². The van der Waals surface area contributed by atoms with Crippen molar-refractivity contribution >= 4 is 5.91 Å². The summed E-state index contributed by atoms with van der Waals surface area (Å²) < 4.78 is 0. The van der Waals surface area contributed by atoms with Crippen molar-refractivity contribution in [3.8, 4) is 11.8 Å². The summed E-state index contributed by atoms with van der Waals surface area (Å²) in [5.41, 5.74) is 1.35. The highest BCUT2D eigenvalue weighted by molar-refractivity contribution is 5.96. The molecule has 1 saturated heterocycles. The molecule has 106 valence electrons. The lowest BCUT2D eigenvalue weighted by atomic mass is 10.0. The highest BCUT2D eigenvalue weighted by Gasteiger charge is 2.18. The Morgan fingerprint density at radius 2 is 1.75 bits per heavy atom. The van der Waals surface area contributed by atoms with Crippen molar-refractivity contribution in [2.45, 2.75) is 32.1 Å². The van der Waals surface area contributed by atoms with Gasteiger partial charge >= 0.3 is 0 Å². The fourth-order valence-corrected chi connectivity index (χ4v) is 2.53. The van der Waals surface area contributed by atoms with E-state index in [1.54, 1.807) is 0 Å². The van der Waals surface area contributed by atoms with Crippen LogP contribution in [0.4, 0.5) is 0 Å². The van der Waals surface area contributed by atoms with Gasteiger partial charge in [0.1, 0.15) is 6.61 Å². The standard InChI is InChI=1S/C17H21NO2/c19-14-8-10-15-9-4-5-11-16(15)17(20)18-12-6-2-1-3-7-13-18/h4-5,9,11,19H,1-3,6-7,12-14H2. The predicted molar refractivity (Wildman–Crippen MR) is 79.4 cm³/mol. The Morgan fingerprint density at radius 1 is 1.10 bits per heavy atom. The third-order valence-corrected chi connectivity index (χ3v) is 3.60. The first-order valence-electron chi connectivity index (χ1n) is 7.31. The Balaban J connectivity index is 2.18. The van der Waals surface area contributed by atoms with Gasteiger partial charge in [0.15, 0.2) is 0 Å². The van der Waals surface area contributed by atoms with Gasteiger partial charge in [0.25, 0.3) is 5.91 Å². The van der Waals surface area contributed by atoms with Crippen LogP contribution < -0.4 is 0 Å². The maximum atomic E-state index is 12.6. The molecule has 3 nitrogen and oxygen atoms in total. The minimum Gasteiger partial charge on any atom is -0.384 e. The van der Waals surface area contributed by atoms with Gasteiger partial charge in [-0.25, -0.2) is 0 Å². The maximum Gasteiger partial charge on any atom is 0.255 e. The highest BCUT2D eigenvalue weighted by atomic mass is 16.2. The smallest absolute Gasteiger partial charge is 0.255 e. The van der Waals surface area contributed by atoms with Crippen LogP contribution in [0.2, 0.25) is 0 Å². The SMILES string of the molecule is O=C(c1ccccc1C#CCO)N1CCCCCCC1. The molecule has 1 fully saturated rings. The number of carbonyl (C=O) groups excluding carboxylic acids is 1. The van der Waals surface area contributed by atoms with Gasteiger partial charge in [0.05, 0.1) is 5.56 Å². The van der Waals surface area contributed by atoms with E-state index < -0.39 is 0 Å². The molecule has 0 aromatic heterocycles. The summed E-state index contributed by atoms with van der Waals surface area (Å²) >= 11 is 0. The molecule has 0 unspecified atom stereocenters. The number of amides is 1. The minimum atomic E-state index is -0.188. The van der Waals surface area contributed by atoms with E-state index in [1.807, 2.05) is 29.2 Å². The van der Waals surface area contributed by atoms with Crippen LogP contribution in [0.15, 0.2) is 24.3 Å². The first kappa shape index (κ1) is 14.6. The Kier molecular flexibility index (Phi) is 5.64. The van der Waals surface area contributed by atoms with Crippen molar-refractivity contribution in [1.82, 2.24) is 4.90 Å². The van der Waals surface area contributed by atoms with Crippen molar-refractivity contribution < 1.29 is 9.90 Å². The Hall–Kier alpha value is -1.79. The number of hydrogen-bond acceptors (Lipinski definition) is 2. The summed E-state index contributed by atoms with van der Waals surface area (Å²) in [6, 6.07) is 7.38. The average molecular weight is 271 g/mol. The lowest BCUT2D eigenvalue weighted by Gasteiger charge is -2.25. The van der Waals surface area contributed by atoms with Crippen molar-refractivity contribution in [2.75, 3.05) is 19.7 Å². The Bertz CT molecular complexity index is 505. The maximum absolute atomic E-state index is 12.6. The number of rotatable bonds is 1. The molecule has 1 aliphatic rings. The van der Waals surface area contributed by atoms with Crippen molar-refractivity contribution in [1.29, 1.82) is 0 Å². The van der Waals surface area contributed by atoms with Gasteiger partial charge in [-0.15, -0.1) is 0 Å². The van der Waals surface area contributed by atoms with Crippen LogP contribution in [-0.2, 0) is 0 Å². The van der Waals surface area contributed by atoms with Crippen LogP contribution in [0.25, 0.3) is 0 Å². The molecular weight excluding hydrogens is 250 g/mol. The number of carbonyl (C=O) groups is 1. The molecule has 1 aromatic rings.